The molecule has 1 amide bonds. The summed E-state index contributed by atoms with van der Waals surface area (Å²) in [5.74, 6) is -1.94. The van der Waals surface area contributed by atoms with Crippen molar-refractivity contribution < 1.29 is 33.7 Å². The largest absolute Gasteiger partial charge is 0.548 e. The number of aliphatic carboxylic acids is 1. The van der Waals surface area contributed by atoms with Crippen molar-refractivity contribution in [1.29, 1.82) is 0 Å². The van der Waals surface area contributed by atoms with Crippen molar-refractivity contribution in [2.24, 2.45) is 0 Å². The van der Waals surface area contributed by atoms with Crippen LogP contribution in [0.3, 0.4) is 0 Å². The molecule has 2 atom stereocenters. The fourth-order valence-corrected chi connectivity index (χ4v) is 3.02. The summed E-state index contributed by atoms with van der Waals surface area (Å²) in [6.07, 6.45) is -0.914. The van der Waals surface area contributed by atoms with Crippen LogP contribution in [0.15, 0.2) is 12.1 Å². The van der Waals surface area contributed by atoms with E-state index in [0.717, 1.165) is 4.90 Å². The van der Waals surface area contributed by atoms with Crippen molar-refractivity contribution in [2.75, 3.05) is 14.2 Å². The van der Waals surface area contributed by atoms with E-state index in [4.69, 9.17) is 14.2 Å². The first-order valence-corrected chi connectivity index (χ1v) is 6.97. The Labute approximate surface area is 131 Å². The first-order valence-electron chi connectivity index (χ1n) is 6.97. The number of hydrogen-bond acceptors (Lipinski definition) is 7. The fraction of sp³-hybridized carbons (Fsp3) is 0.400. The van der Waals surface area contributed by atoms with Crippen LogP contribution >= 0.6 is 0 Å². The molecule has 2 aliphatic heterocycles. The zero-order chi connectivity index (χ0) is 16.7. The summed E-state index contributed by atoms with van der Waals surface area (Å²) in [4.78, 5) is 36.6. The number of fused-ring (bicyclic) bond motifs is 1. The van der Waals surface area contributed by atoms with Crippen molar-refractivity contribution >= 4 is 17.8 Å². The predicted octanol–water partition coefficient (Wildman–Crippen LogP) is -0.386. The Bertz CT molecular complexity index is 699. The standard InChI is InChI=1S/C15H15NO7/c1-21-9-5-3-7-11(12(9)22-2)15(20)23-13(7)16-8(14(18)19)4-6-10(16)17/h3,5,8,13H,4,6H2,1-2H3,(H,18,19)/p-1/t8-,13+/m1/s1. The third kappa shape index (κ3) is 2.18. The second-order valence-corrected chi connectivity index (χ2v) is 5.20. The van der Waals surface area contributed by atoms with Gasteiger partial charge in [0.15, 0.2) is 11.5 Å². The number of ether oxygens (including phenoxy) is 3. The van der Waals surface area contributed by atoms with E-state index in [1.807, 2.05) is 0 Å². The molecule has 1 saturated heterocycles. The second-order valence-electron chi connectivity index (χ2n) is 5.20. The van der Waals surface area contributed by atoms with Crippen LogP contribution in [0.4, 0.5) is 0 Å². The number of carboxylic acids is 1. The Kier molecular flexibility index (Phi) is 3.59. The van der Waals surface area contributed by atoms with Gasteiger partial charge in [0.05, 0.1) is 26.2 Å². The van der Waals surface area contributed by atoms with Gasteiger partial charge in [-0.2, -0.15) is 0 Å². The molecule has 0 radical (unpaired) electrons. The second kappa shape index (κ2) is 5.45. The Morgan fingerprint density at radius 1 is 1.30 bits per heavy atom. The monoisotopic (exact) mass is 320 g/mol. The van der Waals surface area contributed by atoms with E-state index in [-0.39, 0.29) is 24.2 Å². The molecule has 3 rings (SSSR count). The van der Waals surface area contributed by atoms with E-state index in [2.05, 4.69) is 0 Å². The van der Waals surface area contributed by atoms with Crippen LogP contribution in [0.25, 0.3) is 0 Å². The van der Waals surface area contributed by atoms with Gasteiger partial charge in [-0.1, -0.05) is 0 Å². The molecule has 2 aliphatic rings. The lowest BCUT2D eigenvalue weighted by Gasteiger charge is -2.30. The van der Waals surface area contributed by atoms with E-state index in [0.29, 0.717) is 11.3 Å². The number of likely N-dealkylation sites (tertiary alicyclic amines) is 1. The summed E-state index contributed by atoms with van der Waals surface area (Å²) in [5, 5.41) is 11.2. The molecule has 0 unspecified atom stereocenters. The molecule has 1 fully saturated rings. The van der Waals surface area contributed by atoms with Crippen molar-refractivity contribution in [3.63, 3.8) is 0 Å². The molecule has 1 aromatic rings. The number of amides is 1. The van der Waals surface area contributed by atoms with Gasteiger partial charge < -0.3 is 24.1 Å². The number of carbonyl (C=O) groups is 3. The molecule has 0 N–H and O–H groups in total. The van der Waals surface area contributed by atoms with E-state index < -0.39 is 30.1 Å². The lowest BCUT2D eigenvalue weighted by molar-refractivity contribution is -0.312. The Morgan fingerprint density at radius 3 is 2.65 bits per heavy atom. The fourth-order valence-electron chi connectivity index (χ4n) is 3.02. The normalized spacial score (nSPS) is 22.8. The zero-order valence-corrected chi connectivity index (χ0v) is 12.5. The molecule has 2 heterocycles. The average molecular weight is 320 g/mol. The number of hydrogen-bond donors (Lipinski definition) is 0. The van der Waals surface area contributed by atoms with Gasteiger partial charge in [0.2, 0.25) is 12.1 Å². The highest BCUT2D eigenvalue weighted by Crippen LogP contribution is 2.44. The van der Waals surface area contributed by atoms with Gasteiger partial charge in [0.1, 0.15) is 5.56 Å². The molecular formula is C15H14NO7-. The van der Waals surface area contributed by atoms with Gasteiger partial charge in [-0.15, -0.1) is 0 Å². The van der Waals surface area contributed by atoms with Gasteiger partial charge in [-0.25, -0.2) is 4.79 Å². The third-order valence-corrected chi connectivity index (χ3v) is 4.05. The minimum atomic E-state index is -1.37. The lowest BCUT2D eigenvalue weighted by Crippen LogP contribution is -2.47. The van der Waals surface area contributed by atoms with E-state index >= 15 is 0 Å². The van der Waals surface area contributed by atoms with Crippen LogP contribution in [0, 0.1) is 0 Å². The third-order valence-electron chi connectivity index (χ3n) is 4.05. The van der Waals surface area contributed by atoms with Crippen LogP contribution < -0.4 is 14.6 Å². The van der Waals surface area contributed by atoms with Gasteiger partial charge >= 0.3 is 5.97 Å². The molecule has 23 heavy (non-hydrogen) atoms. The van der Waals surface area contributed by atoms with Crippen molar-refractivity contribution in [1.82, 2.24) is 4.90 Å². The summed E-state index contributed by atoms with van der Waals surface area (Å²) in [6, 6.07) is 2.00. The molecular weight excluding hydrogens is 306 g/mol. The highest BCUT2D eigenvalue weighted by atomic mass is 16.6. The van der Waals surface area contributed by atoms with Crippen molar-refractivity contribution in [3.05, 3.63) is 23.3 Å². The maximum absolute atomic E-state index is 12.2. The SMILES string of the molecule is COc1ccc2c(c1OC)C(=O)O[C@@H]2N1C(=O)CC[C@@H]1C(=O)[O-]. The number of methoxy groups -OCH3 is 2. The number of rotatable bonds is 4. The summed E-state index contributed by atoms with van der Waals surface area (Å²) in [5.41, 5.74) is 0.503. The van der Waals surface area contributed by atoms with Gasteiger partial charge in [-0.3, -0.25) is 9.69 Å². The van der Waals surface area contributed by atoms with Crippen LogP contribution in [0.5, 0.6) is 11.5 Å². The predicted molar refractivity (Wildman–Crippen MR) is 72.6 cm³/mol. The number of esters is 1. The quantitative estimate of drug-likeness (QED) is 0.696. The number of carbonyl (C=O) groups excluding carboxylic acids is 3. The summed E-state index contributed by atoms with van der Waals surface area (Å²) in [6.45, 7) is 0. The molecule has 0 saturated carbocycles. The highest BCUT2D eigenvalue weighted by Gasteiger charge is 2.46. The van der Waals surface area contributed by atoms with E-state index in [1.54, 1.807) is 12.1 Å². The maximum atomic E-state index is 12.2. The summed E-state index contributed by atoms with van der Waals surface area (Å²) >= 11 is 0. The number of benzene rings is 1. The first-order chi connectivity index (χ1) is 11.0. The van der Waals surface area contributed by atoms with Crippen LogP contribution in [-0.2, 0) is 14.3 Å². The smallest absolute Gasteiger partial charge is 0.344 e. The lowest BCUT2D eigenvalue weighted by atomic mass is 10.1. The average Bonchev–Trinajstić information content (AvgIpc) is 3.06. The first kappa shape index (κ1) is 15.1. The van der Waals surface area contributed by atoms with Gasteiger partial charge in [0.25, 0.3) is 0 Å². The molecule has 0 aromatic heterocycles. The molecule has 0 aliphatic carbocycles. The van der Waals surface area contributed by atoms with E-state index in [1.165, 1.54) is 14.2 Å². The van der Waals surface area contributed by atoms with Crippen LogP contribution in [0.2, 0.25) is 0 Å². The summed E-state index contributed by atoms with van der Waals surface area (Å²) in [7, 11) is 2.81. The molecule has 8 heteroatoms. The zero-order valence-electron chi connectivity index (χ0n) is 12.5. The topological polar surface area (TPSA) is 105 Å². The Balaban J connectivity index is 2.08. The minimum absolute atomic E-state index is 0.0648. The molecule has 0 bridgehead atoms. The Morgan fingerprint density at radius 2 is 2.04 bits per heavy atom. The molecule has 0 spiro atoms. The van der Waals surface area contributed by atoms with Crippen LogP contribution in [-0.4, -0.2) is 43.0 Å². The summed E-state index contributed by atoms with van der Waals surface area (Å²) < 4.78 is 15.6. The van der Waals surface area contributed by atoms with Gasteiger partial charge in [0, 0.05) is 12.0 Å². The van der Waals surface area contributed by atoms with Gasteiger partial charge in [-0.05, 0) is 18.6 Å². The number of nitrogens with zero attached hydrogens (tertiary/aromatic N) is 1. The van der Waals surface area contributed by atoms with Crippen molar-refractivity contribution in [3.8, 4) is 11.5 Å². The molecule has 1 aromatic carbocycles. The number of carboxylic acid groups (broad SMARTS) is 1. The molecule has 8 nitrogen and oxygen atoms in total. The van der Waals surface area contributed by atoms with E-state index in [9.17, 15) is 19.5 Å². The van der Waals surface area contributed by atoms with Crippen molar-refractivity contribution in [2.45, 2.75) is 25.1 Å². The number of cyclic esters (lactones) is 1. The minimum Gasteiger partial charge on any atom is -0.548 e. The molecule has 122 valence electrons. The van der Waals surface area contributed by atoms with Crippen LogP contribution in [0.1, 0.15) is 35.0 Å². The highest BCUT2D eigenvalue weighted by molar-refractivity contribution is 5.99. The maximum Gasteiger partial charge on any atom is 0.344 e. The Hall–Kier alpha value is -2.77.